The van der Waals surface area contributed by atoms with Gasteiger partial charge in [-0.3, -0.25) is 9.59 Å². The number of aliphatic carboxylic acids is 1. The number of ether oxygens (including phenoxy) is 7. The summed E-state index contributed by atoms with van der Waals surface area (Å²) in [6, 6.07) is -1.25. The SMILES string of the molecule is C=C1C[C@@H]2CC[C@]34C[C@@H](O)[C@H](O3)[C@H]3C[C@@H](O4)I4O[C@H](CC[C@@H]4O3)CC(=O)C[C@@H]3[C@@H](OC)[C@@H](CC(O)CNC(=O)[C@@H](N)CC(=O)O)O[C@H]3C[C@H]3O[C@@H](CC[C@@H]1O2)C[C@@H](C)C3=C. The summed E-state index contributed by atoms with van der Waals surface area (Å²) >= 11 is -2.42. The number of carboxylic acid groups (broad SMARTS) is 1. The number of carbonyl (C=O) groups is 3. The average molecular weight is 961 g/mol. The Balaban J connectivity index is 1.02. The minimum absolute atomic E-state index is 0.0305. The summed E-state index contributed by atoms with van der Waals surface area (Å²) in [5.74, 6) is -2.97. The number of halogens is 1. The number of ketones is 1. The number of methoxy groups -OCH3 is 1. The van der Waals surface area contributed by atoms with Gasteiger partial charge < -0.3 is 10.8 Å². The van der Waals surface area contributed by atoms with Gasteiger partial charge in [0.25, 0.3) is 0 Å². The number of carbonyl (C=O) groups excluding carboxylic acids is 2. The van der Waals surface area contributed by atoms with Gasteiger partial charge in [-0.1, -0.05) is 0 Å². The molecule has 8 aliphatic heterocycles. The number of aliphatic hydroxyl groups excluding tert-OH is 2. The van der Waals surface area contributed by atoms with E-state index in [2.05, 4.69) is 25.4 Å². The topological polar surface area (TPSA) is 224 Å². The number of aliphatic hydroxyl groups is 2. The molecule has 0 aromatic carbocycles. The Labute approximate surface area is 359 Å². The molecule has 8 fully saturated rings. The monoisotopic (exact) mass is 960 g/mol. The number of fused-ring (bicyclic) bond motifs is 9. The van der Waals surface area contributed by atoms with E-state index >= 15 is 0 Å². The van der Waals surface area contributed by atoms with Gasteiger partial charge in [-0.05, 0) is 0 Å². The van der Waals surface area contributed by atoms with Gasteiger partial charge in [0, 0.05) is 0 Å². The summed E-state index contributed by atoms with van der Waals surface area (Å²) < 4.78 is 53.1. The standard InChI is InChI=1S/C43H65IN2O14/c1-21-11-26-5-7-32-22(2)12-27(54-32)9-10-43-19-31(49)41(59-43)36-18-38(58-43)44-37(57-36)8-6-28(60-44)13-24(47)14-29-34(17-33(55-26)23(21)3)56-35(40(29)53-4)15-25(48)20-46-42(52)30(45)16-39(50)51/h21,25-38,40-41,48-49H,2-3,5-20,45H2,1,4H3,(H,46,52)(H,50,51)/t21-,25?,26+,27+,28-,29+,30+,31-,32+,33-,34+,35-,36-,37+,38-,40-,41+,43-/m1/s1. The molecule has 338 valence electrons. The molecule has 10 bridgehead atoms. The summed E-state index contributed by atoms with van der Waals surface area (Å²) in [6.45, 7) is 10.9. The van der Waals surface area contributed by atoms with Gasteiger partial charge in [0.2, 0.25) is 5.91 Å². The average Bonchev–Trinajstić information content (AvgIpc) is 3.80. The fourth-order valence-corrected chi connectivity index (χ4v) is 17.1. The molecule has 0 aliphatic carbocycles. The Kier molecular flexibility index (Phi) is 14.1. The number of nitrogens with two attached hydrogens (primary N) is 1. The third-order valence-corrected chi connectivity index (χ3v) is 19.8. The molecular formula is C43H65IN2O14. The summed E-state index contributed by atoms with van der Waals surface area (Å²) in [4.78, 5) is 37.7. The zero-order chi connectivity index (χ0) is 42.5. The zero-order valence-corrected chi connectivity index (χ0v) is 37.0. The molecule has 16 nitrogen and oxygen atoms in total. The number of rotatable bonds is 8. The molecule has 6 N–H and O–H groups in total. The van der Waals surface area contributed by atoms with Crippen LogP contribution in [0.4, 0.5) is 0 Å². The second-order valence-electron chi connectivity index (χ2n) is 18.5. The molecule has 17 heteroatoms. The van der Waals surface area contributed by atoms with Crippen molar-refractivity contribution in [1.29, 1.82) is 0 Å². The van der Waals surface area contributed by atoms with Crippen LogP contribution in [0.25, 0.3) is 0 Å². The molecule has 0 aromatic rings. The Morgan fingerprint density at radius 2 is 1.73 bits per heavy atom. The van der Waals surface area contributed by atoms with E-state index in [1.807, 2.05) is 0 Å². The van der Waals surface area contributed by atoms with Crippen molar-refractivity contribution in [3.63, 3.8) is 0 Å². The van der Waals surface area contributed by atoms with Gasteiger partial charge in [0.15, 0.2) is 0 Å². The van der Waals surface area contributed by atoms with E-state index in [0.29, 0.717) is 38.5 Å². The summed E-state index contributed by atoms with van der Waals surface area (Å²) in [5.41, 5.74) is 7.77. The van der Waals surface area contributed by atoms with Crippen LogP contribution in [0, 0.1) is 11.8 Å². The van der Waals surface area contributed by atoms with Crippen molar-refractivity contribution >= 4 is 37.9 Å². The minimum atomic E-state index is -2.42. The first-order valence-corrected chi connectivity index (χ1v) is 25.4. The number of carboxylic acids is 1. The molecule has 8 saturated heterocycles. The van der Waals surface area contributed by atoms with Gasteiger partial charge in [0.05, 0.1) is 12.5 Å². The maximum atomic E-state index is 14.2. The van der Waals surface area contributed by atoms with Crippen molar-refractivity contribution in [3.8, 4) is 0 Å². The maximum absolute atomic E-state index is 14.2. The van der Waals surface area contributed by atoms with Crippen LogP contribution in [0.15, 0.2) is 24.3 Å². The Hall–Kier alpha value is -1.62. The van der Waals surface area contributed by atoms with Crippen molar-refractivity contribution < 1.29 is 65.9 Å². The van der Waals surface area contributed by atoms with Crippen molar-refractivity contribution in [2.45, 2.75) is 197 Å². The molecule has 8 aliphatic rings. The van der Waals surface area contributed by atoms with E-state index in [4.69, 9.17) is 47.1 Å². The molecule has 8 rings (SSSR count). The second kappa shape index (κ2) is 18.8. The zero-order valence-electron chi connectivity index (χ0n) is 34.8. The first-order chi connectivity index (χ1) is 28.7. The van der Waals surface area contributed by atoms with E-state index in [9.17, 15) is 24.6 Å². The third-order valence-electron chi connectivity index (χ3n) is 14.0. The predicted octanol–water partition coefficient (Wildman–Crippen LogP) is 3.35. The Morgan fingerprint density at radius 3 is 2.52 bits per heavy atom. The van der Waals surface area contributed by atoms with Gasteiger partial charge >= 0.3 is 322 Å². The van der Waals surface area contributed by atoms with E-state index in [-0.39, 0.29) is 88.3 Å². The normalized spacial score (nSPS) is 45.0. The summed E-state index contributed by atoms with van der Waals surface area (Å²) in [7, 11) is 1.58. The fourth-order valence-electron chi connectivity index (χ4n) is 10.9. The summed E-state index contributed by atoms with van der Waals surface area (Å²) in [5, 5.41) is 33.8. The van der Waals surface area contributed by atoms with Crippen LogP contribution >= 0.6 is 20.2 Å². The molecule has 0 saturated carbocycles. The van der Waals surface area contributed by atoms with Crippen LogP contribution in [0.3, 0.4) is 0 Å². The molecule has 1 amide bonds. The Bertz CT molecular complexity index is 1620. The van der Waals surface area contributed by atoms with E-state index < -0.39 is 87.0 Å². The first-order valence-electron chi connectivity index (χ1n) is 22.0. The Morgan fingerprint density at radius 1 is 0.950 bits per heavy atom. The van der Waals surface area contributed by atoms with Crippen molar-refractivity contribution in [2.24, 2.45) is 17.6 Å². The van der Waals surface area contributed by atoms with E-state index in [1.54, 1.807) is 7.11 Å². The van der Waals surface area contributed by atoms with E-state index in [1.165, 1.54) is 0 Å². The van der Waals surface area contributed by atoms with Crippen molar-refractivity contribution in [2.75, 3.05) is 13.7 Å². The number of hydrogen-bond acceptors (Lipinski definition) is 14. The van der Waals surface area contributed by atoms with Gasteiger partial charge in [0.1, 0.15) is 0 Å². The van der Waals surface area contributed by atoms with Crippen LogP contribution in [0.2, 0.25) is 0 Å². The number of alkyl halides is 2. The van der Waals surface area contributed by atoms with Crippen LogP contribution in [-0.4, -0.2) is 140 Å². The molecule has 0 aromatic heterocycles. The van der Waals surface area contributed by atoms with Crippen LogP contribution in [-0.2, 0) is 50.6 Å². The fraction of sp³-hybridized carbons (Fsp3) is 0.837. The molecule has 1 spiro atoms. The quantitative estimate of drug-likeness (QED) is 0.134. The van der Waals surface area contributed by atoms with E-state index in [0.717, 1.165) is 43.3 Å². The van der Waals surface area contributed by atoms with Gasteiger partial charge in [-0.25, -0.2) is 0 Å². The third kappa shape index (κ3) is 9.87. The second-order valence-corrected chi connectivity index (χ2v) is 23.5. The van der Waals surface area contributed by atoms with Crippen molar-refractivity contribution in [1.82, 2.24) is 5.32 Å². The summed E-state index contributed by atoms with van der Waals surface area (Å²) in [6.07, 6.45) is 2.29. The van der Waals surface area contributed by atoms with Crippen molar-refractivity contribution in [3.05, 3.63) is 24.3 Å². The van der Waals surface area contributed by atoms with Crippen LogP contribution in [0.5, 0.6) is 0 Å². The van der Waals surface area contributed by atoms with Crippen LogP contribution < -0.4 is 11.1 Å². The van der Waals surface area contributed by atoms with Gasteiger partial charge in [-0.2, -0.15) is 0 Å². The molecule has 8 heterocycles. The molecular weight excluding hydrogens is 895 g/mol. The molecule has 1 unspecified atom stereocenters. The first kappa shape index (κ1) is 45.0. The van der Waals surface area contributed by atoms with Gasteiger partial charge in [-0.15, -0.1) is 0 Å². The molecule has 60 heavy (non-hydrogen) atoms. The molecule has 18 atom stereocenters. The number of hydrogen-bond donors (Lipinski definition) is 5. The number of Topliss-reactive ketones (excluding diaryl/α,β-unsaturated/α-hetero) is 1. The molecule has 0 radical (unpaired) electrons. The number of nitrogens with one attached hydrogen (secondary N) is 1. The van der Waals surface area contributed by atoms with Crippen LogP contribution in [0.1, 0.15) is 103 Å². The number of amides is 1. The predicted molar refractivity (Wildman–Crippen MR) is 223 cm³/mol.